The number of pyridine rings is 1. The number of piperidine rings is 1. The molecule has 0 spiro atoms. The van der Waals surface area contributed by atoms with Gasteiger partial charge in [0, 0.05) is 30.7 Å². The van der Waals surface area contributed by atoms with E-state index in [2.05, 4.69) is 9.71 Å². The Morgan fingerprint density at radius 3 is 2.37 bits per heavy atom. The van der Waals surface area contributed by atoms with Crippen LogP contribution in [0.5, 0.6) is 0 Å². The SMILES string of the molecule is Cc1cnc2c(S(=O)(=O)N3CCC(NS(=O)(=O)c4ccccc4)CC3)cccc2c1. The van der Waals surface area contributed by atoms with Crippen molar-refractivity contribution in [1.29, 1.82) is 0 Å². The van der Waals surface area contributed by atoms with Gasteiger partial charge in [-0.3, -0.25) is 4.98 Å². The molecule has 2 aromatic carbocycles. The van der Waals surface area contributed by atoms with Gasteiger partial charge in [-0.05, 0) is 49.6 Å². The number of nitrogens with one attached hydrogen (secondary N) is 1. The highest BCUT2D eigenvalue weighted by atomic mass is 32.2. The molecular weight excluding hydrogens is 422 g/mol. The van der Waals surface area contributed by atoms with E-state index in [9.17, 15) is 16.8 Å². The van der Waals surface area contributed by atoms with Gasteiger partial charge in [0.2, 0.25) is 20.0 Å². The van der Waals surface area contributed by atoms with Crippen LogP contribution >= 0.6 is 0 Å². The topological polar surface area (TPSA) is 96.4 Å². The molecule has 0 saturated carbocycles. The Kier molecular flexibility index (Phi) is 5.63. The van der Waals surface area contributed by atoms with Gasteiger partial charge < -0.3 is 0 Å². The lowest BCUT2D eigenvalue weighted by Crippen LogP contribution is -2.46. The Bertz CT molecular complexity index is 1270. The van der Waals surface area contributed by atoms with E-state index < -0.39 is 20.0 Å². The van der Waals surface area contributed by atoms with Crippen LogP contribution in [0.25, 0.3) is 10.9 Å². The maximum atomic E-state index is 13.2. The predicted molar refractivity (Wildman–Crippen MR) is 115 cm³/mol. The third-order valence-electron chi connectivity index (χ3n) is 5.26. The first-order valence-corrected chi connectivity index (χ1v) is 12.6. The van der Waals surface area contributed by atoms with E-state index in [1.54, 1.807) is 36.5 Å². The van der Waals surface area contributed by atoms with Gasteiger partial charge >= 0.3 is 0 Å². The molecule has 9 heteroatoms. The fraction of sp³-hybridized carbons (Fsp3) is 0.286. The molecule has 158 valence electrons. The van der Waals surface area contributed by atoms with Crippen LogP contribution in [-0.4, -0.2) is 45.3 Å². The van der Waals surface area contributed by atoms with Gasteiger partial charge in [-0.2, -0.15) is 4.31 Å². The molecule has 0 atom stereocenters. The lowest BCUT2D eigenvalue weighted by atomic mass is 10.1. The largest absolute Gasteiger partial charge is 0.255 e. The molecular formula is C21H23N3O4S2. The molecule has 0 bridgehead atoms. The smallest absolute Gasteiger partial charge is 0.245 e. The fourth-order valence-electron chi connectivity index (χ4n) is 3.69. The number of benzene rings is 2. The number of hydrogen-bond donors (Lipinski definition) is 1. The summed E-state index contributed by atoms with van der Waals surface area (Å²) in [5.41, 5.74) is 1.42. The first-order chi connectivity index (χ1) is 14.3. The number of para-hydroxylation sites is 1. The summed E-state index contributed by atoms with van der Waals surface area (Å²) in [6, 6.07) is 14.9. The van der Waals surface area contributed by atoms with Crippen LogP contribution in [0.15, 0.2) is 70.6 Å². The second kappa shape index (κ2) is 8.07. The van der Waals surface area contributed by atoms with Crippen molar-refractivity contribution in [2.45, 2.75) is 35.6 Å². The van der Waals surface area contributed by atoms with Crippen LogP contribution in [0.3, 0.4) is 0 Å². The summed E-state index contributed by atoms with van der Waals surface area (Å²) in [6.45, 7) is 2.40. The molecule has 1 N–H and O–H groups in total. The van der Waals surface area contributed by atoms with E-state index >= 15 is 0 Å². The Balaban J connectivity index is 1.50. The van der Waals surface area contributed by atoms with Crippen LogP contribution in [0.1, 0.15) is 18.4 Å². The summed E-state index contributed by atoms with van der Waals surface area (Å²) >= 11 is 0. The van der Waals surface area contributed by atoms with Crippen LogP contribution in [0, 0.1) is 6.92 Å². The predicted octanol–water partition coefficient (Wildman–Crippen LogP) is 2.67. The molecule has 0 amide bonds. The minimum Gasteiger partial charge on any atom is -0.255 e. The van der Waals surface area contributed by atoms with Gasteiger partial charge in [0.25, 0.3) is 0 Å². The van der Waals surface area contributed by atoms with Crippen LogP contribution in [-0.2, 0) is 20.0 Å². The highest BCUT2D eigenvalue weighted by Crippen LogP contribution is 2.27. The molecule has 1 aliphatic rings. The summed E-state index contributed by atoms with van der Waals surface area (Å²) in [5, 5.41) is 0.779. The van der Waals surface area contributed by atoms with Crippen molar-refractivity contribution in [3.8, 4) is 0 Å². The van der Waals surface area contributed by atoms with E-state index in [1.165, 1.54) is 16.4 Å². The highest BCUT2D eigenvalue weighted by Gasteiger charge is 2.32. The molecule has 0 radical (unpaired) electrons. The maximum absolute atomic E-state index is 13.2. The monoisotopic (exact) mass is 445 g/mol. The molecule has 7 nitrogen and oxygen atoms in total. The van der Waals surface area contributed by atoms with Crippen LogP contribution in [0.2, 0.25) is 0 Å². The molecule has 1 aliphatic heterocycles. The number of nitrogens with zero attached hydrogens (tertiary/aromatic N) is 2. The molecule has 1 fully saturated rings. The molecule has 3 aromatic rings. The van der Waals surface area contributed by atoms with Crippen molar-refractivity contribution >= 4 is 30.9 Å². The number of hydrogen-bond acceptors (Lipinski definition) is 5. The Morgan fingerprint density at radius 2 is 1.67 bits per heavy atom. The highest BCUT2D eigenvalue weighted by molar-refractivity contribution is 7.89. The zero-order chi connectivity index (χ0) is 21.4. The van der Waals surface area contributed by atoms with E-state index in [4.69, 9.17) is 0 Å². The summed E-state index contributed by atoms with van der Waals surface area (Å²) < 4.78 is 55.7. The standard InChI is InChI=1S/C21H23N3O4S2/c1-16-14-17-6-5-9-20(21(17)22-15-16)30(27,28)24-12-10-18(11-13-24)23-29(25,26)19-7-3-2-4-8-19/h2-9,14-15,18,23H,10-13H2,1H3. The van der Waals surface area contributed by atoms with Crippen molar-refractivity contribution in [2.24, 2.45) is 0 Å². The summed E-state index contributed by atoms with van der Waals surface area (Å²) in [5.74, 6) is 0. The van der Waals surface area contributed by atoms with Crippen molar-refractivity contribution < 1.29 is 16.8 Å². The maximum Gasteiger partial charge on any atom is 0.245 e. The lowest BCUT2D eigenvalue weighted by Gasteiger charge is -2.31. The van der Waals surface area contributed by atoms with Gasteiger partial charge in [-0.15, -0.1) is 0 Å². The molecule has 1 saturated heterocycles. The second-order valence-corrected chi connectivity index (χ2v) is 11.1. The summed E-state index contributed by atoms with van der Waals surface area (Å²) in [6.07, 6.45) is 2.47. The average Bonchev–Trinajstić information content (AvgIpc) is 2.74. The number of aromatic nitrogens is 1. The molecule has 1 aromatic heterocycles. The lowest BCUT2D eigenvalue weighted by molar-refractivity contribution is 0.308. The van der Waals surface area contributed by atoms with Gasteiger partial charge in [-0.25, -0.2) is 21.6 Å². The van der Waals surface area contributed by atoms with Crippen molar-refractivity contribution in [2.75, 3.05) is 13.1 Å². The van der Waals surface area contributed by atoms with Crippen molar-refractivity contribution in [3.63, 3.8) is 0 Å². The minimum atomic E-state index is -3.73. The normalized spacial score (nSPS) is 16.7. The van der Waals surface area contributed by atoms with Gasteiger partial charge in [0.15, 0.2) is 0 Å². The van der Waals surface area contributed by atoms with Crippen LogP contribution < -0.4 is 4.72 Å². The molecule has 4 rings (SSSR count). The molecule has 0 unspecified atom stereocenters. The van der Waals surface area contributed by atoms with E-state index in [-0.39, 0.29) is 28.9 Å². The minimum absolute atomic E-state index is 0.184. The van der Waals surface area contributed by atoms with Crippen molar-refractivity contribution in [3.05, 3.63) is 66.4 Å². The summed E-state index contributed by atoms with van der Waals surface area (Å²) in [7, 11) is -7.35. The molecule has 30 heavy (non-hydrogen) atoms. The van der Waals surface area contributed by atoms with Crippen LogP contribution in [0.4, 0.5) is 0 Å². The van der Waals surface area contributed by atoms with Gasteiger partial charge in [0.1, 0.15) is 4.90 Å². The molecule has 0 aliphatic carbocycles. The second-order valence-electron chi connectivity index (χ2n) is 7.45. The Morgan fingerprint density at radius 1 is 0.967 bits per heavy atom. The Labute approximate surface area is 176 Å². The third kappa shape index (κ3) is 4.11. The van der Waals surface area contributed by atoms with E-state index in [0.717, 1.165) is 10.9 Å². The van der Waals surface area contributed by atoms with Gasteiger partial charge in [0.05, 0.1) is 10.4 Å². The number of rotatable bonds is 5. The number of fused-ring (bicyclic) bond motifs is 1. The van der Waals surface area contributed by atoms with Gasteiger partial charge in [-0.1, -0.05) is 30.3 Å². The van der Waals surface area contributed by atoms with E-state index in [0.29, 0.717) is 18.4 Å². The first kappa shape index (κ1) is 20.9. The zero-order valence-electron chi connectivity index (χ0n) is 16.5. The average molecular weight is 446 g/mol. The fourth-order valence-corrected chi connectivity index (χ4v) is 6.65. The quantitative estimate of drug-likeness (QED) is 0.651. The number of sulfonamides is 2. The van der Waals surface area contributed by atoms with E-state index in [1.807, 2.05) is 19.1 Å². The first-order valence-electron chi connectivity index (χ1n) is 9.70. The summed E-state index contributed by atoms with van der Waals surface area (Å²) in [4.78, 5) is 4.73. The van der Waals surface area contributed by atoms with Crippen molar-refractivity contribution in [1.82, 2.24) is 14.0 Å². The third-order valence-corrected chi connectivity index (χ3v) is 8.72. The molecule has 2 heterocycles. The zero-order valence-corrected chi connectivity index (χ0v) is 18.2. The Hall–Kier alpha value is -2.33. The number of aryl methyl sites for hydroxylation is 1.